The molecule has 0 fully saturated rings. The number of amides is 1. The predicted molar refractivity (Wildman–Crippen MR) is 82.5 cm³/mol. The molecule has 5 heteroatoms. The van der Waals surface area contributed by atoms with Gasteiger partial charge in [-0.2, -0.15) is 5.26 Å². The first kappa shape index (κ1) is 17.7. The van der Waals surface area contributed by atoms with Crippen LogP contribution in [0.2, 0.25) is 0 Å². The average molecular weight is 302 g/mol. The van der Waals surface area contributed by atoms with Crippen LogP contribution in [0, 0.1) is 17.2 Å². The summed E-state index contributed by atoms with van der Waals surface area (Å²) in [6.45, 7) is 4.14. The number of hydrogen-bond donors (Lipinski definition) is 0. The van der Waals surface area contributed by atoms with Gasteiger partial charge in [-0.1, -0.05) is 50.6 Å². The highest BCUT2D eigenvalue weighted by Crippen LogP contribution is 2.20. The fraction of sp³-hybridized carbons (Fsp3) is 0.471. The number of hydrogen-bond acceptors (Lipinski definition) is 4. The highest BCUT2D eigenvalue weighted by atomic mass is 16.5. The number of esters is 1. The molecule has 1 aromatic carbocycles. The molecule has 1 amide bonds. The van der Waals surface area contributed by atoms with Crippen molar-refractivity contribution in [1.29, 1.82) is 5.26 Å². The second-order valence-corrected chi connectivity index (χ2v) is 5.20. The Labute approximate surface area is 131 Å². The minimum absolute atomic E-state index is 0.0567. The van der Waals surface area contributed by atoms with E-state index in [0.717, 1.165) is 12.0 Å². The van der Waals surface area contributed by atoms with Crippen molar-refractivity contribution in [3.8, 4) is 6.07 Å². The Hall–Kier alpha value is -2.35. The first-order chi connectivity index (χ1) is 10.5. The predicted octanol–water partition coefficient (Wildman–Crippen LogP) is 2.52. The van der Waals surface area contributed by atoms with E-state index in [9.17, 15) is 9.59 Å². The SMILES string of the molecule is CC[C@H](C)[C@@H](C(=O)OC)N(Cc1ccccc1)C(=O)CC#N. The molecular weight excluding hydrogens is 280 g/mol. The number of carbonyl (C=O) groups is 2. The normalized spacial score (nSPS) is 12.8. The lowest BCUT2D eigenvalue weighted by atomic mass is 9.96. The van der Waals surface area contributed by atoms with Crippen LogP contribution in [0.5, 0.6) is 0 Å². The molecule has 0 aliphatic rings. The lowest BCUT2D eigenvalue weighted by Gasteiger charge is -2.33. The van der Waals surface area contributed by atoms with Crippen LogP contribution in [0.1, 0.15) is 32.3 Å². The molecule has 0 aliphatic heterocycles. The Morgan fingerprint density at radius 1 is 1.32 bits per heavy atom. The lowest BCUT2D eigenvalue weighted by Crippen LogP contribution is -2.48. The summed E-state index contributed by atoms with van der Waals surface area (Å²) in [5, 5.41) is 8.81. The molecule has 1 aromatic rings. The summed E-state index contributed by atoms with van der Waals surface area (Å²) in [6, 6.07) is 10.6. The Morgan fingerprint density at radius 3 is 2.45 bits per heavy atom. The van der Waals surface area contributed by atoms with Crippen LogP contribution in [-0.4, -0.2) is 29.9 Å². The standard InChI is InChI=1S/C17H22N2O3/c1-4-13(2)16(17(21)22-3)19(15(20)10-11-18)12-14-8-6-5-7-9-14/h5-9,13,16H,4,10,12H2,1-3H3/t13-,16-/m0/s1. The van der Waals surface area contributed by atoms with E-state index >= 15 is 0 Å². The van der Waals surface area contributed by atoms with E-state index in [1.165, 1.54) is 12.0 Å². The summed E-state index contributed by atoms with van der Waals surface area (Å²) >= 11 is 0. The van der Waals surface area contributed by atoms with Gasteiger partial charge in [-0.05, 0) is 11.5 Å². The van der Waals surface area contributed by atoms with E-state index in [0.29, 0.717) is 0 Å². The summed E-state index contributed by atoms with van der Waals surface area (Å²) in [5.41, 5.74) is 0.908. The van der Waals surface area contributed by atoms with Gasteiger partial charge in [0.15, 0.2) is 0 Å². The van der Waals surface area contributed by atoms with Crippen molar-refractivity contribution in [3.05, 3.63) is 35.9 Å². The molecule has 0 saturated heterocycles. The molecule has 0 aliphatic carbocycles. The minimum Gasteiger partial charge on any atom is -0.467 e. The van der Waals surface area contributed by atoms with Crippen LogP contribution in [0.4, 0.5) is 0 Å². The molecule has 2 atom stereocenters. The van der Waals surface area contributed by atoms with Crippen molar-refractivity contribution in [1.82, 2.24) is 4.90 Å². The van der Waals surface area contributed by atoms with Gasteiger partial charge < -0.3 is 9.64 Å². The third-order valence-electron chi connectivity index (χ3n) is 3.71. The second-order valence-electron chi connectivity index (χ2n) is 5.20. The van der Waals surface area contributed by atoms with Gasteiger partial charge >= 0.3 is 5.97 Å². The third kappa shape index (κ3) is 4.59. The summed E-state index contributed by atoms with van der Waals surface area (Å²) in [7, 11) is 1.31. The average Bonchev–Trinajstić information content (AvgIpc) is 2.54. The molecule has 0 unspecified atom stereocenters. The maximum Gasteiger partial charge on any atom is 0.328 e. The van der Waals surface area contributed by atoms with Gasteiger partial charge in [0.25, 0.3) is 0 Å². The van der Waals surface area contributed by atoms with Crippen molar-refractivity contribution >= 4 is 11.9 Å². The summed E-state index contributed by atoms with van der Waals surface area (Å²) in [5.74, 6) is -0.863. The van der Waals surface area contributed by atoms with Gasteiger partial charge in [-0.25, -0.2) is 4.79 Å². The van der Waals surface area contributed by atoms with Crippen LogP contribution in [0.25, 0.3) is 0 Å². The number of nitrogens with zero attached hydrogens (tertiary/aromatic N) is 2. The number of benzene rings is 1. The maximum absolute atomic E-state index is 12.3. The quantitative estimate of drug-likeness (QED) is 0.726. The number of ether oxygens (including phenoxy) is 1. The molecule has 0 bridgehead atoms. The van der Waals surface area contributed by atoms with Crippen LogP contribution >= 0.6 is 0 Å². The molecule has 0 heterocycles. The number of methoxy groups -OCH3 is 1. The van der Waals surface area contributed by atoms with Gasteiger partial charge in [0.1, 0.15) is 12.5 Å². The molecule has 0 spiro atoms. The minimum atomic E-state index is -0.684. The van der Waals surface area contributed by atoms with E-state index in [-0.39, 0.29) is 24.8 Å². The summed E-state index contributed by atoms with van der Waals surface area (Å²) < 4.78 is 4.87. The van der Waals surface area contributed by atoms with Crippen molar-refractivity contribution in [2.24, 2.45) is 5.92 Å². The zero-order valence-corrected chi connectivity index (χ0v) is 13.3. The Balaban J connectivity index is 3.13. The van der Waals surface area contributed by atoms with E-state index in [1.54, 1.807) is 0 Å². The lowest BCUT2D eigenvalue weighted by molar-refractivity contribution is -0.155. The molecule has 5 nitrogen and oxygen atoms in total. The Morgan fingerprint density at radius 2 is 1.95 bits per heavy atom. The highest BCUT2D eigenvalue weighted by molar-refractivity contribution is 5.85. The van der Waals surface area contributed by atoms with E-state index < -0.39 is 12.0 Å². The summed E-state index contributed by atoms with van der Waals surface area (Å²) in [4.78, 5) is 25.9. The molecule has 22 heavy (non-hydrogen) atoms. The maximum atomic E-state index is 12.3. The fourth-order valence-corrected chi connectivity index (χ4v) is 2.30. The second kappa shape index (κ2) is 8.83. The fourth-order valence-electron chi connectivity index (χ4n) is 2.30. The molecule has 0 N–H and O–H groups in total. The van der Waals surface area contributed by atoms with Gasteiger partial charge in [0, 0.05) is 6.54 Å². The molecule has 0 saturated carbocycles. The van der Waals surface area contributed by atoms with Crippen LogP contribution in [-0.2, 0) is 20.9 Å². The molecular formula is C17H22N2O3. The van der Waals surface area contributed by atoms with Gasteiger partial charge in [0.2, 0.25) is 5.91 Å². The molecule has 0 radical (unpaired) electrons. The first-order valence-corrected chi connectivity index (χ1v) is 7.33. The smallest absolute Gasteiger partial charge is 0.328 e. The van der Waals surface area contributed by atoms with Crippen molar-refractivity contribution in [2.45, 2.75) is 39.3 Å². The van der Waals surface area contributed by atoms with E-state index in [2.05, 4.69) is 0 Å². The Bertz CT molecular complexity index is 537. The van der Waals surface area contributed by atoms with Crippen molar-refractivity contribution in [2.75, 3.05) is 7.11 Å². The van der Waals surface area contributed by atoms with Crippen LogP contribution < -0.4 is 0 Å². The monoisotopic (exact) mass is 302 g/mol. The number of nitriles is 1. The third-order valence-corrected chi connectivity index (χ3v) is 3.71. The van der Waals surface area contributed by atoms with Gasteiger partial charge in [0.05, 0.1) is 13.2 Å². The largest absolute Gasteiger partial charge is 0.467 e. The van der Waals surface area contributed by atoms with E-state index in [1.807, 2.05) is 50.2 Å². The van der Waals surface area contributed by atoms with Gasteiger partial charge in [-0.15, -0.1) is 0 Å². The first-order valence-electron chi connectivity index (χ1n) is 7.33. The van der Waals surface area contributed by atoms with Crippen LogP contribution in [0.15, 0.2) is 30.3 Å². The Kier molecular flexibility index (Phi) is 7.11. The highest BCUT2D eigenvalue weighted by Gasteiger charge is 2.34. The number of rotatable bonds is 7. The molecule has 1 rings (SSSR count). The topological polar surface area (TPSA) is 70.4 Å². The van der Waals surface area contributed by atoms with Crippen molar-refractivity contribution in [3.63, 3.8) is 0 Å². The number of carbonyl (C=O) groups excluding carboxylic acids is 2. The van der Waals surface area contributed by atoms with Gasteiger partial charge in [-0.3, -0.25) is 4.79 Å². The van der Waals surface area contributed by atoms with E-state index in [4.69, 9.17) is 10.00 Å². The molecule has 0 aromatic heterocycles. The zero-order chi connectivity index (χ0) is 16.5. The van der Waals surface area contributed by atoms with Crippen molar-refractivity contribution < 1.29 is 14.3 Å². The molecule has 118 valence electrons. The summed E-state index contributed by atoms with van der Waals surface area (Å²) in [6.07, 6.45) is 0.474. The zero-order valence-electron chi connectivity index (χ0n) is 13.3. The van der Waals surface area contributed by atoms with Crippen LogP contribution in [0.3, 0.4) is 0 Å².